The number of alkyl carbamates (subject to hydrolysis) is 1. The summed E-state index contributed by atoms with van der Waals surface area (Å²) in [6.45, 7) is 10.5. The van der Waals surface area contributed by atoms with Gasteiger partial charge in [-0.05, 0) is 110 Å². The van der Waals surface area contributed by atoms with Crippen LogP contribution in [0.25, 0.3) is 21.6 Å². The number of amides is 4. The van der Waals surface area contributed by atoms with Crippen molar-refractivity contribution in [3.63, 3.8) is 0 Å². The molecule has 4 aliphatic rings. The zero-order chi connectivity index (χ0) is 49.7. The van der Waals surface area contributed by atoms with E-state index < -0.39 is 80.2 Å². The molecule has 0 spiro atoms. The Hall–Kier alpha value is -5.70. The lowest BCUT2D eigenvalue weighted by Crippen LogP contribution is -2.58. The molecule has 0 radical (unpaired) electrons. The van der Waals surface area contributed by atoms with E-state index in [9.17, 15) is 40.8 Å². The number of nitrogens with zero attached hydrogens (tertiary/aromatic N) is 4. The number of hydrogen-bond acceptors (Lipinski definition) is 12. The number of aromatic nitrogens is 3. The van der Waals surface area contributed by atoms with Crippen molar-refractivity contribution < 1.29 is 55.0 Å². The van der Waals surface area contributed by atoms with Gasteiger partial charge in [0.1, 0.15) is 45.6 Å². The number of carbonyl (C=O) groups is 4. The van der Waals surface area contributed by atoms with E-state index in [1.165, 1.54) is 34.4 Å². The molecule has 2 aliphatic heterocycles. The van der Waals surface area contributed by atoms with Crippen LogP contribution in [0.2, 0.25) is 0 Å². The first-order valence-corrected chi connectivity index (χ1v) is 25.6. The second-order valence-corrected chi connectivity index (χ2v) is 23.0. The summed E-state index contributed by atoms with van der Waals surface area (Å²) in [5.74, 6) is -2.89. The zero-order valence-electron chi connectivity index (χ0n) is 39.4. The number of allylic oxidation sites excluding steroid dienone is 1. The van der Waals surface area contributed by atoms with E-state index in [2.05, 4.69) is 20.1 Å². The summed E-state index contributed by atoms with van der Waals surface area (Å²) in [4.78, 5) is 67.9. The van der Waals surface area contributed by atoms with Gasteiger partial charge in [0.25, 0.3) is 11.9 Å². The highest BCUT2D eigenvalue weighted by atomic mass is 32.2. The number of halogens is 3. The normalized spacial score (nSPS) is 24.6. The third kappa shape index (κ3) is 11.2. The summed E-state index contributed by atoms with van der Waals surface area (Å²) < 4.78 is 84.8. The van der Waals surface area contributed by atoms with Gasteiger partial charge in [0, 0.05) is 35.7 Å². The molecule has 2 aliphatic carbocycles. The van der Waals surface area contributed by atoms with E-state index >= 15 is 0 Å². The first-order chi connectivity index (χ1) is 32.4. The topological polar surface area (TPSA) is 200 Å². The summed E-state index contributed by atoms with van der Waals surface area (Å²) in [6, 6.07) is 9.08. The van der Waals surface area contributed by atoms with Gasteiger partial charge in [-0.1, -0.05) is 43.2 Å². The molecule has 2 saturated carbocycles. The van der Waals surface area contributed by atoms with Gasteiger partial charge < -0.3 is 29.7 Å². The molecule has 2 aromatic heterocycles. The Labute approximate surface area is 402 Å². The standard InChI is InChI=1S/C48H58F3N7O9S2/c1-28(2)58-36-19-13-17-34(40-52-31(27-68-40)22-29-14-12-16-32(23-29)66-48(49,50)51)38(36)54-43(58)65-33-24-37-39(59)55-47(42(61)56-69(63,64)46(6)20-21-46)25-30(47)15-10-8-7-9-11-18-35(41(60)57(37)26-33)53-44(62)67-45(3,4)5/h10,12-17,19,23,27-28,30,33,35,37H,7-9,11,18,20-22,24-26H2,1-6H3,(H,53,62)(H,55,59)(H,56,61)/b15-10-/t30-,33-,35+,37+,47-/m1/s1. The number of fused-ring (bicyclic) bond motifs is 3. The summed E-state index contributed by atoms with van der Waals surface area (Å²) in [5, 5.41) is 8.08. The molecule has 2 aromatic carbocycles. The minimum atomic E-state index is -4.82. The maximum absolute atomic E-state index is 14.8. The van der Waals surface area contributed by atoms with E-state index in [0.29, 0.717) is 65.0 Å². The molecule has 4 amide bonds. The molecule has 8 rings (SSSR count). The van der Waals surface area contributed by atoms with Gasteiger partial charge in [-0.15, -0.1) is 24.5 Å². The SMILES string of the molecule is CC(C)n1c(O[C@@H]2C[C@H]3C(=O)N[C@]4(C(=O)NS(=O)(=O)C5(C)CC5)C[C@H]4/C=C\CCCCC[C@H](NC(=O)OC(C)(C)C)C(=O)N3C2)nc2c(-c3nc(Cc4cccc(OC(F)(F)F)c4)cs3)cccc21. The van der Waals surface area contributed by atoms with Crippen molar-refractivity contribution in [2.75, 3.05) is 6.54 Å². The number of ether oxygens (including phenoxy) is 3. The number of imidazole rings is 1. The number of nitrogens with one attached hydrogen (secondary N) is 3. The molecule has 3 fully saturated rings. The Morgan fingerprint density at radius 3 is 2.51 bits per heavy atom. The van der Waals surface area contributed by atoms with Gasteiger partial charge in [0.15, 0.2) is 0 Å². The van der Waals surface area contributed by atoms with Crippen LogP contribution in [0.4, 0.5) is 18.0 Å². The Morgan fingerprint density at radius 1 is 1.04 bits per heavy atom. The van der Waals surface area contributed by atoms with Crippen molar-refractivity contribution >= 4 is 56.2 Å². The summed E-state index contributed by atoms with van der Waals surface area (Å²) >= 11 is 1.35. The third-order valence-electron chi connectivity index (χ3n) is 12.9. The fourth-order valence-electron chi connectivity index (χ4n) is 8.97. The second kappa shape index (κ2) is 18.9. The van der Waals surface area contributed by atoms with Gasteiger partial charge in [-0.3, -0.25) is 23.7 Å². The Balaban J connectivity index is 1.09. The maximum Gasteiger partial charge on any atom is 0.573 e. The van der Waals surface area contributed by atoms with Crippen molar-refractivity contribution in [1.29, 1.82) is 0 Å². The number of thiazole rings is 1. The molecule has 372 valence electrons. The molecule has 69 heavy (non-hydrogen) atoms. The molecular formula is C48H58F3N7O9S2. The molecule has 4 aromatic rings. The van der Waals surface area contributed by atoms with Gasteiger partial charge in [0.2, 0.25) is 21.8 Å². The number of rotatable bonds is 11. The lowest BCUT2D eigenvalue weighted by Gasteiger charge is -2.30. The van der Waals surface area contributed by atoms with Gasteiger partial charge >= 0.3 is 12.5 Å². The number of alkyl halides is 3. The number of hydrogen-bond donors (Lipinski definition) is 3. The van der Waals surface area contributed by atoms with Gasteiger partial charge in [0.05, 0.1) is 22.5 Å². The molecule has 21 heteroatoms. The molecular weight excluding hydrogens is 940 g/mol. The lowest BCUT2D eigenvalue weighted by atomic mass is 10.0. The molecule has 0 bridgehead atoms. The molecule has 16 nitrogen and oxygen atoms in total. The smallest absolute Gasteiger partial charge is 0.459 e. The van der Waals surface area contributed by atoms with E-state index in [4.69, 9.17) is 19.4 Å². The quantitative estimate of drug-likeness (QED) is 0.124. The number of benzene rings is 2. The largest absolute Gasteiger partial charge is 0.573 e. The fourth-order valence-corrected chi connectivity index (χ4v) is 11.1. The number of sulfonamides is 1. The van der Waals surface area contributed by atoms with Crippen LogP contribution in [-0.4, -0.2) is 98.6 Å². The van der Waals surface area contributed by atoms with Crippen molar-refractivity contribution in [3.05, 3.63) is 71.3 Å². The van der Waals surface area contributed by atoms with E-state index in [0.717, 1.165) is 6.42 Å². The van der Waals surface area contributed by atoms with Crippen LogP contribution in [0.1, 0.15) is 117 Å². The predicted octanol–water partition coefficient (Wildman–Crippen LogP) is 7.87. The van der Waals surface area contributed by atoms with E-state index in [1.807, 2.05) is 54.1 Å². The molecule has 4 heterocycles. The summed E-state index contributed by atoms with van der Waals surface area (Å²) in [5.41, 5.74) is 0.708. The van der Waals surface area contributed by atoms with Crippen LogP contribution in [0.15, 0.2) is 60.0 Å². The van der Waals surface area contributed by atoms with Crippen LogP contribution in [0.5, 0.6) is 11.8 Å². The average molecular weight is 998 g/mol. The van der Waals surface area contributed by atoms with Crippen molar-refractivity contribution in [3.8, 4) is 22.3 Å². The van der Waals surface area contributed by atoms with Gasteiger partial charge in [-0.2, -0.15) is 4.98 Å². The van der Waals surface area contributed by atoms with E-state index in [1.54, 1.807) is 33.8 Å². The van der Waals surface area contributed by atoms with Crippen LogP contribution < -0.4 is 24.8 Å². The molecule has 1 saturated heterocycles. The van der Waals surface area contributed by atoms with Crippen molar-refractivity contribution in [2.24, 2.45) is 5.92 Å². The lowest BCUT2D eigenvalue weighted by molar-refractivity contribution is -0.274. The predicted molar refractivity (Wildman–Crippen MR) is 251 cm³/mol. The van der Waals surface area contributed by atoms with Crippen molar-refractivity contribution in [1.82, 2.24) is 34.8 Å². The monoisotopic (exact) mass is 997 g/mol. The third-order valence-corrected chi connectivity index (χ3v) is 16.0. The van der Waals surface area contributed by atoms with Gasteiger partial charge in [-0.25, -0.2) is 18.2 Å². The minimum Gasteiger partial charge on any atom is -0.459 e. The van der Waals surface area contributed by atoms with Crippen LogP contribution in [0.3, 0.4) is 0 Å². The summed E-state index contributed by atoms with van der Waals surface area (Å²) in [7, 11) is -4.05. The fraction of sp³-hybridized carbons (Fsp3) is 0.542. The first kappa shape index (κ1) is 49.7. The highest BCUT2D eigenvalue weighted by Crippen LogP contribution is 2.48. The van der Waals surface area contributed by atoms with Crippen LogP contribution >= 0.6 is 11.3 Å². The van der Waals surface area contributed by atoms with Crippen molar-refractivity contribution in [2.45, 2.75) is 152 Å². The second-order valence-electron chi connectivity index (χ2n) is 20.0. The Morgan fingerprint density at radius 2 is 1.80 bits per heavy atom. The van der Waals surface area contributed by atoms with E-state index in [-0.39, 0.29) is 50.0 Å². The zero-order valence-corrected chi connectivity index (χ0v) is 41.0. The average Bonchev–Trinajstić information content (AvgIpc) is 3.94. The molecule has 5 atom stereocenters. The highest BCUT2D eigenvalue weighted by Gasteiger charge is 2.63. The molecule has 3 N–H and O–H groups in total. The minimum absolute atomic E-state index is 0.0372. The summed E-state index contributed by atoms with van der Waals surface area (Å²) in [6.07, 6.45) is 1.45. The Bertz CT molecular complexity index is 2760. The number of para-hydroxylation sites is 1. The van der Waals surface area contributed by atoms with Crippen LogP contribution in [-0.2, 0) is 35.6 Å². The number of carbonyl (C=O) groups excluding carboxylic acids is 4. The van der Waals surface area contributed by atoms with Crippen LogP contribution in [0, 0.1) is 5.92 Å². The molecule has 0 unspecified atom stereocenters. The Kier molecular flexibility index (Phi) is 13.6. The highest BCUT2D eigenvalue weighted by molar-refractivity contribution is 7.91. The maximum atomic E-state index is 14.8. The first-order valence-electron chi connectivity index (χ1n) is 23.3.